The van der Waals surface area contributed by atoms with Crippen molar-refractivity contribution in [3.63, 3.8) is 0 Å². The molecule has 1 heterocycles. The van der Waals surface area contributed by atoms with Crippen molar-refractivity contribution in [3.8, 4) is 0 Å². The number of benzene rings is 1. The molecule has 0 spiro atoms. The molecule has 1 aliphatic heterocycles. The number of nitro benzene ring substituents is 1. The minimum absolute atomic E-state index is 0.0201. The smallest absolute Gasteiger partial charge is 0.410 e. The summed E-state index contributed by atoms with van der Waals surface area (Å²) < 4.78 is 5.36. The number of aliphatic hydroxyl groups excluding tert-OH is 1. The van der Waals surface area contributed by atoms with Gasteiger partial charge in [0.25, 0.3) is 5.69 Å². The molecule has 0 saturated carbocycles. The first-order valence-corrected chi connectivity index (χ1v) is 7.81. The van der Waals surface area contributed by atoms with Gasteiger partial charge in [0.05, 0.1) is 17.6 Å². The maximum atomic E-state index is 12.2. The Hall–Kier alpha value is -2.35. The molecule has 0 bridgehead atoms. The molecular formula is C16H23N3O5. The van der Waals surface area contributed by atoms with Gasteiger partial charge in [-0.2, -0.15) is 0 Å². The van der Waals surface area contributed by atoms with Crippen molar-refractivity contribution in [1.82, 2.24) is 4.90 Å². The number of amides is 1. The lowest BCUT2D eigenvalue weighted by atomic mass is 10.1. The second kappa shape index (κ2) is 7.04. The first-order valence-electron chi connectivity index (χ1n) is 7.81. The number of rotatable bonds is 3. The van der Waals surface area contributed by atoms with Crippen LogP contribution in [-0.2, 0) is 4.74 Å². The topological polar surface area (TPSA) is 96.2 Å². The van der Waals surface area contributed by atoms with Crippen molar-refractivity contribution in [2.24, 2.45) is 0 Å². The van der Waals surface area contributed by atoms with Crippen molar-refractivity contribution in [2.45, 2.75) is 32.4 Å². The van der Waals surface area contributed by atoms with E-state index in [1.54, 1.807) is 17.0 Å². The predicted octanol–water partition coefficient (Wildman–Crippen LogP) is 2.01. The lowest BCUT2D eigenvalue weighted by molar-refractivity contribution is -0.384. The molecule has 1 N–H and O–H groups in total. The van der Waals surface area contributed by atoms with Crippen LogP contribution in [0.2, 0.25) is 0 Å². The van der Waals surface area contributed by atoms with Crippen LogP contribution in [0.4, 0.5) is 16.2 Å². The van der Waals surface area contributed by atoms with Crippen molar-refractivity contribution in [1.29, 1.82) is 0 Å². The summed E-state index contributed by atoms with van der Waals surface area (Å²) in [6, 6.07) is 5.90. The Morgan fingerprint density at radius 1 is 1.33 bits per heavy atom. The molecule has 132 valence electrons. The Balaban J connectivity index is 2.07. The minimum Gasteiger partial charge on any atom is -0.444 e. The second-order valence-corrected chi connectivity index (χ2v) is 6.73. The second-order valence-electron chi connectivity index (χ2n) is 6.73. The Kier molecular flexibility index (Phi) is 5.28. The summed E-state index contributed by atoms with van der Waals surface area (Å²) in [6.07, 6.45) is -0.399. The van der Waals surface area contributed by atoms with E-state index >= 15 is 0 Å². The molecule has 0 aliphatic carbocycles. The van der Waals surface area contributed by atoms with Crippen LogP contribution in [0.15, 0.2) is 24.3 Å². The van der Waals surface area contributed by atoms with E-state index in [0.29, 0.717) is 19.6 Å². The summed E-state index contributed by atoms with van der Waals surface area (Å²) in [6.45, 7) is 6.61. The van der Waals surface area contributed by atoms with Crippen LogP contribution >= 0.6 is 0 Å². The van der Waals surface area contributed by atoms with Gasteiger partial charge in [-0.1, -0.05) is 0 Å². The third kappa shape index (κ3) is 4.35. The Morgan fingerprint density at radius 3 is 2.46 bits per heavy atom. The molecule has 0 aromatic heterocycles. The van der Waals surface area contributed by atoms with Gasteiger partial charge in [0.2, 0.25) is 0 Å². The first kappa shape index (κ1) is 18.0. The van der Waals surface area contributed by atoms with Crippen LogP contribution in [0.1, 0.15) is 20.8 Å². The van der Waals surface area contributed by atoms with Gasteiger partial charge >= 0.3 is 6.09 Å². The molecule has 0 radical (unpaired) electrons. The summed E-state index contributed by atoms with van der Waals surface area (Å²) in [5.41, 5.74) is 0.233. The van der Waals surface area contributed by atoms with E-state index in [1.165, 1.54) is 12.1 Å². The van der Waals surface area contributed by atoms with Gasteiger partial charge in [0.15, 0.2) is 0 Å². The third-order valence-electron chi connectivity index (χ3n) is 3.74. The summed E-state index contributed by atoms with van der Waals surface area (Å²) >= 11 is 0. The molecule has 8 nitrogen and oxygen atoms in total. The van der Waals surface area contributed by atoms with Crippen LogP contribution in [0, 0.1) is 10.1 Å². The lowest BCUT2D eigenvalue weighted by Gasteiger charge is -2.42. The first-order chi connectivity index (χ1) is 11.2. The fraction of sp³-hybridized carbons (Fsp3) is 0.562. The Bertz CT molecular complexity index is 597. The normalized spacial score (nSPS) is 18.4. The molecule has 1 fully saturated rings. The molecule has 1 atom stereocenters. The average molecular weight is 337 g/mol. The fourth-order valence-electron chi connectivity index (χ4n) is 2.61. The summed E-state index contributed by atoms with van der Waals surface area (Å²) in [5.74, 6) is 0. The quantitative estimate of drug-likeness (QED) is 0.669. The van der Waals surface area contributed by atoms with E-state index < -0.39 is 16.6 Å². The van der Waals surface area contributed by atoms with Crippen LogP contribution in [-0.4, -0.2) is 58.9 Å². The van der Waals surface area contributed by atoms with Crippen molar-refractivity contribution < 1.29 is 19.6 Å². The van der Waals surface area contributed by atoms with Gasteiger partial charge < -0.3 is 19.6 Å². The van der Waals surface area contributed by atoms with E-state index in [0.717, 1.165) is 5.69 Å². The summed E-state index contributed by atoms with van der Waals surface area (Å²) in [4.78, 5) is 26.0. The van der Waals surface area contributed by atoms with Gasteiger partial charge in [-0.25, -0.2) is 4.79 Å². The fourth-order valence-corrected chi connectivity index (χ4v) is 2.61. The van der Waals surface area contributed by atoms with Gasteiger partial charge in [0, 0.05) is 37.5 Å². The number of piperazine rings is 1. The lowest BCUT2D eigenvalue weighted by Crippen LogP contribution is -2.57. The largest absolute Gasteiger partial charge is 0.444 e. The molecule has 2 rings (SSSR count). The molecule has 1 amide bonds. The van der Waals surface area contributed by atoms with Crippen LogP contribution in [0.5, 0.6) is 0 Å². The van der Waals surface area contributed by atoms with Gasteiger partial charge in [-0.05, 0) is 32.9 Å². The Morgan fingerprint density at radius 2 is 1.96 bits per heavy atom. The third-order valence-corrected chi connectivity index (χ3v) is 3.74. The molecule has 1 aliphatic rings. The molecule has 8 heteroatoms. The SMILES string of the molecule is CC(C)(C)OC(=O)N1CCN(c2ccc([N+](=O)[O-])cc2)[C@@H](CO)C1. The molecule has 1 aromatic carbocycles. The van der Waals surface area contributed by atoms with E-state index in [9.17, 15) is 20.0 Å². The summed E-state index contributed by atoms with van der Waals surface area (Å²) in [7, 11) is 0. The molecule has 1 saturated heterocycles. The van der Waals surface area contributed by atoms with Crippen molar-refractivity contribution in [2.75, 3.05) is 31.1 Å². The maximum absolute atomic E-state index is 12.2. The highest BCUT2D eigenvalue weighted by Gasteiger charge is 2.31. The van der Waals surface area contributed by atoms with Gasteiger partial charge in [-0.15, -0.1) is 0 Å². The predicted molar refractivity (Wildman–Crippen MR) is 89.1 cm³/mol. The number of carbonyl (C=O) groups excluding carboxylic acids is 1. The van der Waals surface area contributed by atoms with Crippen LogP contribution in [0.25, 0.3) is 0 Å². The Labute approximate surface area is 140 Å². The number of nitrogens with zero attached hydrogens (tertiary/aromatic N) is 3. The van der Waals surface area contributed by atoms with Gasteiger partial charge in [0.1, 0.15) is 5.60 Å². The number of anilines is 1. The zero-order valence-electron chi connectivity index (χ0n) is 14.1. The number of hydrogen-bond acceptors (Lipinski definition) is 6. The number of aliphatic hydroxyl groups is 1. The molecule has 1 aromatic rings. The van der Waals surface area contributed by atoms with Gasteiger partial charge in [-0.3, -0.25) is 10.1 Å². The average Bonchev–Trinajstić information content (AvgIpc) is 2.52. The zero-order valence-corrected chi connectivity index (χ0v) is 14.1. The van der Waals surface area contributed by atoms with Crippen molar-refractivity contribution in [3.05, 3.63) is 34.4 Å². The zero-order chi connectivity index (χ0) is 17.9. The molecule has 0 unspecified atom stereocenters. The van der Waals surface area contributed by atoms with E-state index in [1.807, 2.05) is 25.7 Å². The minimum atomic E-state index is -0.568. The highest BCUT2D eigenvalue weighted by molar-refractivity contribution is 5.69. The highest BCUT2D eigenvalue weighted by Crippen LogP contribution is 2.24. The standard InChI is InChI=1S/C16H23N3O5/c1-16(2,3)24-15(21)17-8-9-18(14(10-17)11-20)12-4-6-13(7-5-12)19(22)23/h4-7,14,20H,8-11H2,1-3H3/t14-/m1/s1. The summed E-state index contributed by atoms with van der Waals surface area (Å²) in [5, 5.41) is 20.4. The van der Waals surface area contributed by atoms with Crippen molar-refractivity contribution >= 4 is 17.5 Å². The van der Waals surface area contributed by atoms with Crippen LogP contribution < -0.4 is 4.90 Å². The monoisotopic (exact) mass is 337 g/mol. The van der Waals surface area contributed by atoms with E-state index in [-0.39, 0.29) is 18.3 Å². The van der Waals surface area contributed by atoms with E-state index in [2.05, 4.69) is 0 Å². The number of carbonyl (C=O) groups is 1. The highest BCUT2D eigenvalue weighted by atomic mass is 16.6. The van der Waals surface area contributed by atoms with E-state index in [4.69, 9.17) is 4.74 Å². The molecule has 24 heavy (non-hydrogen) atoms. The number of ether oxygens (including phenoxy) is 1. The number of hydrogen-bond donors (Lipinski definition) is 1. The maximum Gasteiger partial charge on any atom is 0.410 e. The number of nitro groups is 1. The van der Waals surface area contributed by atoms with Crippen LogP contribution in [0.3, 0.4) is 0 Å². The molecular weight excluding hydrogens is 314 g/mol. The number of non-ortho nitro benzene ring substituents is 1.